The molecule has 0 radical (unpaired) electrons. The van der Waals surface area contributed by atoms with Crippen LogP contribution < -0.4 is 10.5 Å². The molecule has 0 fully saturated rings. The van der Waals surface area contributed by atoms with Gasteiger partial charge in [0.15, 0.2) is 0 Å². The zero-order valence-corrected chi connectivity index (χ0v) is 12.6. The van der Waals surface area contributed by atoms with Gasteiger partial charge in [0, 0.05) is 17.1 Å². The van der Waals surface area contributed by atoms with Crippen LogP contribution in [0.15, 0.2) is 35.2 Å². The van der Waals surface area contributed by atoms with Gasteiger partial charge in [0.05, 0.1) is 9.23 Å². The van der Waals surface area contributed by atoms with E-state index in [1.165, 1.54) is 17.4 Å². The molecule has 0 saturated heterocycles. The number of hydrogen-bond acceptors (Lipinski definition) is 4. The first kappa shape index (κ1) is 14.3. The summed E-state index contributed by atoms with van der Waals surface area (Å²) in [4.78, 5) is 1.06. The van der Waals surface area contributed by atoms with Crippen LogP contribution in [0.1, 0.15) is 10.4 Å². The fourth-order valence-corrected chi connectivity index (χ4v) is 4.00. The minimum absolute atomic E-state index is 0.204. The molecule has 0 saturated carbocycles. The van der Waals surface area contributed by atoms with E-state index in [-0.39, 0.29) is 11.4 Å². The Morgan fingerprint density at radius 2 is 2.05 bits per heavy atom. The van der Waals surface area contributed by atoms with Crippen molar-refractivity contribution >= 4 is 38.6 Å². The summed E-state index contributed by atoms with van der Waals surface area (Å²) in [6.07, 6.45) is 0. The van der Waals surface area contributed by atoms with Crippen molar-refractivity contribution in [2.24, 2.45) is 0 Å². The highest BCUT2D eigenvalue weighted by Crippen LogP contribution is 2.22. The largest absolute Gasteiger partial charge is 0.399 e. The van der Waals surface area contributed by atoms with Crippen molar-refractivity contribution in [2.75, 3.05) is 5.73 Å². The van der Waals surface area contributed by atoms with Gasteiger partial charge in [-0.1, -0.05) is 17.7 Å². The first-order chi connectivity index (χ1) is 8.88. The zero-order valence-electron chi connectivity index (χ0n) is 10.2. The van der Waals surface area contributed by atoms with Gasteiger partial charge >= 0.3 is 0 Å². The minimum Gasteiger partial charge on any atom is -0.399 e. The van der Waals surface area contributed by atoms with Crippen LogP contribution in [0, 0.1) is 6.92 Å². The molecule has 0 bridgehead atoms. The maximum Gasteiger partial charge on any atom is 0.241 e. The highest BCUT2D eigenvalue weighted by Gasteiger charge is 2.17. The number of benzene rings is 1. The van der Waals surface area contributed by atoms with Crippen molar-refractivity contribution in [3.63, 3.8) is 0 Å². The molecule has 1 aromatic carbocycles. The number of halogens is 1. The van der Waals surface area contributed by atoms with Crippen LogP contribution >= 0.6 is 22.9 Å². The van der Waals surface area contributed by atoms with Crippen LogP contribution in [0.2, 0.25) is 4.34 Å². The predicted octanol–water partition coefficient (Wildman–Crippen LogP) is 2.77. The van der Waals surface area contributed by atoms with E-state index in [1.54, 1.807) is 31.2 Å². The molecular formula is C12H13ClN2O2S2. The molecule has 1 aromatic heterocycles. The maximum absolute atomic E-state index is 12.2. The SMILES string of the molecule is Cc1ccc(N)cc1S(=O)(=O)NCc1ccc(Cl)s1. The number of sulfonamides is 1. The van der Waals surface area contributed by atoms with Crippen LogP contribution in [0.5, 0.6) is 0 Å². The fraction of sp³-hybridized carbons (Fsp3) is 0.167. The van der Waals surface area contributed by atoms with Gasteiger partial charge in [-0.25, -0.2) is 13.1 Å². The lowest BCUT2D eigenvalue weighted by molar-refractivity contribution is 0.581. The Hall–Kier alpha value is -1.08. The van der Waals surface area contributed by atoms with Gasteiger partial charge in [-0.3, -0.25) is 0 Å². The second-order valence-electron chi connectivity index (χ2n) is 4.06. The van der Waals surface area contributed by atoms with Crippen molar-refractivity contribution in [1.82, 2.24) is 4.72 Å². The second kappa shape index (κ2) is 5.50. The van der Waals surface area contributed by atoms with Crippen molar-refractivity contribution < 1.29 is 8.42 Å². The molecule has 3 N–H and O–H groups in total. The molecule has 0 aliphatic heterocycles. The average molecular weight is 317 g/mol. The molecule has 0 unspecified atom stereocenters. The third-order valence-corrected chi connectivity index (χ3v) is 5.34. The van der Waals surface area contributed by atoms with Crippen molar-refractivity contribution in [1.29, 1.82) is 0 Å². The van der Waals surface area contributed by atoms with Gasteiger partial charge < -0.3 is 5.73 Å². The number of nitrogens with one attached hydrogen (secondary N) is 1. The van der Waals surface area contributed by atoms with Gasteiger partial charge in [-0.2, -0.15) is 0 Å². The number of nitrogens with two attached hydrogens (primary N) is 1. The zero-order chi connectivity index (χ0) is 14.0. The number of aryl methyl sites for hydroxylation is 1. The summed E-state index contributed by atoms with van der Waals surface area (Å²) in [5.41, 5.74) is 6.71. The summed E-state index contributed by atoms with van der Waals surface area (Å²) < 4.78 is 27.6. The smallest absolute Gasteiger partial charge is 0.241 e. The summed E-state index contributed by atoms with van der Waals surface area (Å²) >= 11 is 7.14. The predicted molar refractivity (Wildman–Crippen MR) is 78.9 cm³/mol. The van der Waals surface area contributed by atoms with Crippen LogP contribution in [0.25, 0.3) is 0 Å². The quantitative estimate of drug-likeness (QED) is 0.852. The fourth-order valence-electron chi connectivity index (χ4n) is 1.60. The molecule has 0 aliphatic carbocycles. The topological polar surface area (TPSA) is 72.2 Å². The average Bonchev–Trinajstić information content (AvgIpc) is 2.76. The van der Waals surface area contributed by atoms with E-state index in [9.17, 15) is 8.42 Å². The summed E-state index contributed by atoms with van der Waals surface area (Å²) in [7, 11) is -3.57. The first-order valence-corrected chi connectivity index (χ1v) is 8.16. The first-order valence-electron chi connectivity index (χ1n) is 5.48. The number of thiophene rings is 1. The van der Waals surface area contributed by atoms with E-state index in [2.05, 4.69) is 4.72 Å². The monoisotopic (exact) mass is 316 g/mol. The number of rotatable bonds is 4. The Morgan fingerprint density at radius 1 is 1.32 bits per heavy atom. The summed E-state index contributed by atoms with van der Waals surface area (Å²) in [5, 5.41) is 0. The molecule has 1 heterocycles. The molecule has 2 rings (SSSR count). The van der Waals surface area contributed by atoms with E-state index < -0.39 is 10.0 Å². The van der Waals surface area contributed by atoms with Gasteiger partial charge in [0.1, 0.15) is 0 Å². The lowest BCUT2D eigenvalue weighted by atomic mass is 10.2. The van der Waals surface area contributed by atoms with Crippen LogP contribution in [-0.4, -0.2) is 8.42 Å². The molecule has 0 amide bonds. The van der Waals surface area contributed by atoms with Crippen LogP contribution in [0.3, 0.4) is 0 Å². The summed E-state index contributed by atoms with van der Waals surface area (Å²) in [6.45, 7) is 1.95. The molecule has 7 heteroatoms. The van der Waals surface area contributed by atoms with E-state index in [0.29, 0.717) is 15.6 Å². The Labute approximate surface area is 121 Å². The Morgan fingerprint density at radius 3 is 2.68 bits per heavy atom. The van der Waals surface area contributed by atoms with Gasteiger partial charge in [0.25, 0.3) is 0 Å². The Kier molecular flexibility index (Phi) is 4.15. The molecule has 2 aromatic rings. The number of anilines is 1. The lowest BCUT2D eigenvalue weighted by Gasteiger charge is -2.09. The van der Waals surface area contributed by atoms with Gasteiger partial charge in [-0.05, 0) is 36.8 Å². The van der Waals surface area contributed by atoms with Crippen LogP contribution in [-0.2, 0) is 16.6 Å². The lowest BCUT2D eigenvalue weighted by Crippen LogP contribution is -2.23. The summed E-state index contributed by atoms with van der Waals surface area (Å²) in [6, 6.07) is 8.35. The highest BCUT2D eigenvalue weighted by atomic mass is 35.5. The van der Waals surface area contributed by atoms with Crippen LogP contribution in [0.4, 0.5) is 5.69 Å². The molecular weight excluding hydrogens is 304 g/mol. The Balaban J connectivity index is 2.20. The van der Waals surface area contributed by atoms with Crippen molar-refractivity contribution in [2.45, 2.75) is 18.4 Å². The second-order valence-corrected chi connectivity index (χ2v) is 7.59. The Bertz CT molecular complexity index is 696. The molecule has 19 heavy (non-hydrogen) atoms. The molecule has 0 spiro atoms. The number of hydrogen-bond donors (Lipinski definition) is 2. The van der Waals surface area contributed by atoms with E-state index >= 15 is 0 Å². The minimum atomic E-state index is -3.57. The van der Waals surface area contributed by atoms with E-state index in [1.807, 2.05) is 0 Å². The normalized spacial score (nSPS) is 11.7. The highest BCUT2D eigenvalue weighted by molar-refractivity contribution is 7.89. The molecule has 0 atom stereocenters. The van der Waals surface area contributed by atoms with Crippen molar-refractivity contribution in [3.8, 4) is 0 Å². The van der Waals surface area contributed by atoms with Crippen molar-refractivity contribution in [3.05, 3.63) is 45.1 Å². The van der Waals surface area contributed by atoms with Gasteiger partial charge in [-0.15, -0.1) is 11.3 Å². The molecule has 0 aliphatic rings. The maximum atomic E-state index is 12.2. The third kappa shape index (κ3) is 3.48. The van der Waals surface area contributed by atoms with E-state index in [4.69, 9.17) is 17.3 Å². The molecule has 102 valence electrons. The van der Waals surface area contributed by atoms with E-state index in [0.717, 1.165) is 4.88 Å². The molecule has 4 nitrogen and oxygen atoms in total. The third-order valence-electron chi connectivity index (χ3n) is 2.57. The number of nitrogen functional groups attached to an aromatic ring is 1. The summed E-state index contributed by atoms with van der Waals surface area (Å²) in [5.74, 6) is 0. The standard InChI is InChI=1S/C12H13ClN2O2S2/c1-8-2-3-9(14)6-11(8)19(16,17)15-7-10-4-5-12(13)18-10/h2-6,15H,7,14H2,1H3. The van der Waals surface area contributed by atoms with Gasteiger partial charge in [0.2, 0.25) is 10.0 Å².